The molecule has 0 unspecified atom stereocenters. The molecule has 0 amide bonds. The van der Waals surface area contributed by atoms with Crippen molar-refractivity contribution in [3.8, 4) is 10.8 Å². The van der Waals surface area contributed by atoms with Crippen molar-refractivity contribution in [2.24, 2.45) is 0 Å². The Morgan fingerprint density at radius 1 is 1.19 bits per heavy atom. The number of Topliss-reactive ketones (excluding diaryl/α,β-unsaturated/α-hetero) is 1. The van der Waals surface area contributed by atoms with Crippen LogP contribution in [0.3, 0.4) is 0 Å². The summed E-state index contributed by atoms with van der Waals surface area (Å²) < 4.78 is 5.33. The van der Waals surface area contributed by atoms with Gasteiger partial charge < -0.3 is 4.42 Å². The summed E-state index contributed by atoms with van der Waals surface area (Å²) >= 11 is 1.51. The highest BCUT2D eigenvalue weighted by atomic mass is 32.1. The molecule has 0 saturated carbocycles. The Kier molecular flexibility index (Phi) is 2.82. The Bertz CT molecular complexity index is 843. The molecule has 1 aliphatic carbocycles. The van der Waals surface area contributed by atoms with Gasteiger partial charge >= 0.3 is 0 Å². The lowest BCUT2D eigenvalue weighted by atomic mass is 10.1. The average Bonchev–Trinajstić information content (AvgIpc) is 3.21. The van der Waals surface area contributed by atoms with E-state index >= 15 is 0 Å². The summed E-state index contributed by atoms with van der Waals surface area (Å²) in [6.07, 6.45) is 4.19. The fourth-order valence-corrected chi connectivity index (χ4v) is 3.26. The topological polar surface area (TPSA) is 43.1 Å². The van der Waals surface area contributed by atoms with Gasteiger partial charge in [0.1, 0.15) is 0 Å². The first-order chi connectivity index (χ1) is 10.3. The third-order valence-electron chi connectivity index (χ3n) is 3.51. The molecule has 3 nitrogen and oxygen atoms in total. The highest BCUT2D eigenvalue weighted by Gasteiger charge is 2.24. The van der Waals surface area contributed by atoms with Gasteiger partial charge in [0.15, 0.2) is 16.6 Å². The van der Waals surface area contributed by atoms with Crippen LogP contribution in [-0.2, 0) is 6.42 Å². The molecule has 0 bridgehead atoms. The molecule has 0 spiro atoms. The molecule has 0 N–H and O–H groups in total. The van der Waals surface area contributed by atoms with Gasteiger partial charge in [-0.2, -0.15) is 0 Å². The van der Waals surface area contributed by atoms with Gasteiger partial charge in [-0.3, -0.25) is 4.79 Å². The number of ketones is 1. The number of carbonyl (C=O) groups excluding carboxylic acids is 1. The van der Waals surface area contributed by atoms with Crippen molar-refractivity contribution >= 4 is 23.2 Å². The van der Waals surface area contributed by atoms with Crippen LogP contribution in [0.1, 0.15) is 21.6 Å². The van der Waals surface area contributed by atoms with Crippen LogP contribution in [0.5, 0.6) is 0 Å². The highest BCUT2D eigenvalue weighted by Crippen LogP contribution is 2.29. The predicted molar refractivity (Wildman–Crippen MR) is 82.3 cm³/mol. The Labute approximate surface area is 125 Å². The molecule has 0 radical (unpaired) electrons. The zero-order chi connectivity index (χ0) is 14.2. The van der Waals surface area contributed by atoms with Crippen molar-refractivity contribution in [3.63, 3.8) is 0 Å². The summed E-state index contributed by atoms with van der Waals surface area (Å²) in [5, 5.41) is 2.77. The van der Waals surface area contributed by atoms with Crippen LogP contribution in [0.15, 0.2) is 58.0 Å². The molecule has 21 heavy (non-hydrogen) atoms. The van der Waals surface area contributed by atoms with Gasteiger partial charge in [-0.05, 0) is 23.8 Å². The Morgan fingerprint density at radius 2 is 2.10 bits per heavy atom. The number of rotatable bonds is 2. The van der Waals surface area contributed by atoms with Crippen LogP contribution < -0.4 is 0 Å². The highest BCUT2D eigenvalue weighted by molar-refractivity contribution is 7.13. The largest absolute Gasteiger partial charge is 0.462 e. The number of furan rings is 1. The number of benzene rings is 1. The summed E-state index contributed by atoms with van der Waals surface area (Å²) in [7, 11) is 0. The van der Waals surface area contributed by atoms with E-state index in [2.05, 4.69) is 4.98 Å². The molecule has 2 aromatic heterocycles. The number of thiazole rings is 1. The first-order valence-corrected chi connectivity index (χ1v) is 7.52. The molecule has 4 heteroatoms. The molecular weight excluding hydrogens is 282 g/mol. The number of fused-ring (bicyclic) bond motifs is 1. The zero-order valence-electron chi connectivity index (χ0n) is 11.1. The van der Waals surface area contributed by atoms with Gasteiger partial charge in [-0.25, -0.2) is 4.98 Å². The number of nitrogens with zero attached hydrogens (tertiary/aromatic N) is 1. The quantitative estimate of drug-likeness (QED) is 0.664. The lowest BCUT2D eigenvalue weighted by molar-refractivity contribution is 0.104. The van der Waals surface area contributed by atoms with E-state index in [1.165, 1.54) is 11.3 Å². The molecule has 0 aliphatic heterocycles. The number of hydrogen-bond acceptors (Lipinski definition) is 4. The Hall–Kier alpha value is -2.46. The molecule has 0 fully saturated rings. The second-order valence-corrected chi connectivity index (χ2v) is 5.75. The number of carbonyl (C=O) groups is 1. The second kappa shape index (κ2) is 4.82. The van der Waals surface area contributed by atoms with E-state index in [1.54, 1.807) is 6.26 Å². The van der Waals surface area contributed by atoms with Crippen LogP contribution >= 0.6 is 11.3 Å². The van der Waals surface area contributed by atoms with E-state index in [0.717, 1.165) is 33.2 Å². The SMILES string of the molecule is O=C1C(=Cc2csc(-c3ccco3)n2)Cc2ccccc21. The first-order valence-electron chi connectivity index (χ1n) is 6.64. The summed E-state index contributed by atoms with van der Waals surface area (Å²) in [6.45, 7) is 0. The van der Waals surface area contributed by atoms with Crippen LogP contribution in [-0.4, -0.2) is 10.8 Å². The fraction of sp³-hybridized carbons (Fsp3) is 0.0588. The van der Waals surface area contributed by atoms with Crippen LogP contribution in [0.4, 0.5) is 0 Å². The number of hydrogen-bond donors (Lipinski definition) is 0. The smallest absolute Gasteiger partial charge is 0.189 e. The third kappa shape index (κ3) is 2.14. The molecule has 2 heterocycles. The summed E-state index contributed by atoms with van der Waals surface area (Å²) in [5.41, 5.74) is 3.51. The van der Waals surface area contributed by atoms with E-state index < -0.39 is 0 Å². The van der Waals surface area contributed by atoms with E-state index in [1.807, 2.05) is 47.9 Å². The standard InChI is InChI=1S/C17H11NO2S/c19-16-12(8-11-4-1-2-5-14(11)16)9-13-10-21-17(18-13)15-6-3-7-20-15/h1-7,9-10H,8H2. The third-order valence-corrected chi connectivity index (χ3v) is 4.39. The Balaban J connectivity index is 1.66. The maximum Gasteiger partial charge on any atom is 0.189 e. The predicted octanol–water partition coefficient (Wildman–Crippen LogP) is 4.23. The molecular formula is C17H11NO2S. The van der Waals surface area contributed by atoms with Crippen molar-refractivity contribution < 1.29 is 9.21 Å². The van der Waals surface area contributed by atoms with Gasteiger partial charge in [0.05, 0.1) is 12.0 Å². The molecule has 0 atom stereocenters. The average molecular weight is 293 g/mol. The summed E-state index contributed by atoms with van der Waals surface area (Å²) in [6, 6.07) is 11.5. The molecule has 1 aromatic carbocycles. The number of aromatic nitrogens is 1. The van der Waals surface area contributed by atoms with Crippen molar-refractivity contribution in [2.45, 2.75) is 6.42 Å². The molecule has 3 aromatic rings. The first kappa shape index (κ1) is 12.3. The summed E-state index contributed by atoms with van der Waals surface area (Å²) in [5.74, 6) is 0.865. The minimum atomic E-state index is 0.109. The molecule has 0 saturated heterocycles. The van der Waals surface area contributed by atoms with E-state index in [-0.39, 0.29) is 5.78 Å². The van der Waals surface area contributed by atoms with Crippen LogP contribution in [0, 0.1) is 0 Å². The molecule has 1 aliphatic rings. The monoisotopic (exact) mass is 293 g/mol. The van der Waals surface area contributed by atoms with Crippen LogP contribution in [0.25, 0.3) is 16.8 Å². The van der Waals surface area contributed by atoms with Crippen molar-refractivity contribution in [3.05, 3.63) is 70.4 Å². The van der Waals surface area contributed by atoms with Gasteiger partial charge in [-0.15, -0.1) is 11.3 Å². The maximum absolute atomic E-state index is 12.3. The van der Waals surface area contributed by atoms with Gasteiger partial charge in [0, 0.05) is 22.9 Å². The lowest BCUT2D eigenvalue weighted by Gasteiger charge is -1.92. The minimum absolute atomic E-state index is 0.109. The Morgan fingerprint density at radius 3 is 2.90 bits per heavy atom. The van der Waals surface area contributed by atoms with E-state index in [0.29, 0.717) is 6.42 Å². The normalized spacial score (nSPS) is 15.6. The van der Waals surface area contributed by atoms with Gasteiger partial charge in [-0.1, -0.05) is 24.3 Å². The van der Waals surface area contributed by atoms with E-state index in [9.17, 15) is 4.79 Å². The minimum Gasteiger partial charge on any atom is -0.462 e. The van der Waals surface area contributed by atoms with E-state index in [4.69, 9.17) is 4.42 Å². The van der Waals surface area contributed by atoms with Gasteiger partial charge in [0.2, 0.25) is 0 Å². The maximum atomic E-state index is 12.3. The zero-order valence-corrected chi connectivity index (χ0v) is 11.9. The second-order valence-electron chi connectivity index (χ2n) is 4.89. The summed E-state index contributed by atoms with van der Waals surface area (Å²) in [4.78, 5) is 16.8. The molecule has 4 rings (SSSR count). The number of allylic oxidation sites excluding steroid dienone is 1. The molecule has 102 valence electrons. The lowest BCUT2D eigenvalue weighted by Crippen LogP contribution is -1.94. The van der Waals surface area contributed by atoms with Crippen LogP contribution in [0.2, 0.25) is 0 Å². The van der Waals surface area contributed by atoms with Crippen molar-refractivity contribution in [2.75, 3.05) is 0 Å². The van der Waals surface area contributed by atoms with Gasteiger partial charge in [0.25, 0.3) is 0 Å². The van der Waals surface area contributed by atoms with Crippen molar-refractivity contribution in [1.29, 1.82) is 0 Å². The van der Waals surface area contributed by atoms with Crippen molar-refractivity contribution in [1.82, 2.24) is 4.98 Å². The fourth-order valence-electron chi connectivity index (χ4n) is 2.52.